The molecule has 13 heavy (non-hydrogen) atoms. The van der Waals surface area contributed by atoms with E-state index in [0.717, 1.165) is 0 Å². The van der Waals surface area contributed by atoms with Gasteiger partial charge in [-0.25, -0.2) is 11.0 Å². The molecular weight excluding hydrogens is 174 g/mol. The number of hydrogen-bond donors (Lipinski definition) is 4. The van der Waals surface area contributed by atoms with Crippen molar-refractivity contribution in [3.8, 4) is 0 Å². The largest absolute Gasteiger partial charge is 0.468 e. The minimum atomic E-state index is -0.771. The van der Waals surface area contributed by atoms with E-state index in [1.54, 1.807) is 7.05 Å². The Morgan fingerprint density at radius 1 is 1.69 bits per heavy atom. The van der Waals surface area contributed by atoms with Crippen LogP contribution in [0.4, 0.5) is 0 Å². The van der Waals surface area contributed by atoms with Crippen LogP contribution in [0, 0.1) is 0 Å². The van der Waals surface area contributed by atoms with Crippen LogP contribution in [0.5, 0.6) is 0 Å². The fourth-order valence-electron chi connectivity index (χ4n) is 0.633. The van der Waals surface area contributed by atoms with E-state index >= 15 is 0 Å². The van der Waals surface area contributed by atoms with E-state index in [0.29, 0.717) is 0 Å². The zero-order valence-corrected chi connectivity index (χ0v) is 7.70. The number of nitrogens with two attached hydrogens (primary N) is 2. The number of carbonyl (C=O) groups excluding carboxylic acids is 1. The van der Waals surface area contributed by atoms with E-state index in [1.807, 2.05) is 0 Å². The average Bonchev–Trinajstić information content (AvgIpc) is 2.13. The predicted molar refractivity (Wildman–Crippen MR) is 48.4 cm³/mol. The number of amidine groups is 1. The van der Waals surface area contributed by atoms with Crippen molar-refractivity contribution in [1.29, 1.82) is 0 Å². The van der Waals surface area contributed by atoms with E-state index in [2.05, 4.69) is 20.8 Å². The molecule has 0 radical (unpaired) electrons. The van der Waals surface area contributed by atoms with E-state index < -0.39 is 12.0 Å². The number of esters is 1. The Bertz CT molecular complexity index is 193. The minimum absolute atomic E-state index is 0.154. The molecule has 0 amide bonds. The zero-order chi connectivity index (χ0) is 10.3. The van der Waals surface area contributed by atoms with Gasteiger partial charge in [-0.1, -0.05) is 0 Å². The second-order valence-electron chi connectivity index (χ2n) is 2.30. The Balaban J connectivity index is 3.90. The molecule has 0 fully saturated rings. The summed E-state index contributed by atoms with van der Waals surface area (Å²) in [6.45, 7) is 0. The van der Waals surface area contributed by atoms with Gasteiger partial charge in [0, 0.05) is 13.5 Å². The maximum atomic E-state index is 10.8. The molecule has 1 atom stereocenters. The second-order valence-corrected chi connectivity index (χ2v) is 2.30. The highest BCUT2D eigenvalue weighted by Gasteiger charge is 2.14. The monoisotopic (exact) mass is 189 g/mol. The molecule has 6 N–H and O–H groups in total. The van der Waals surface area contributed by atoms with E-state index in [4.69, 9.17) is 11.5 Å². The minimum Gasteiger partial charge on any atom is -0.468 e. The predicted octanol–water partition coefficient (Wildman–Crippen LogP) is -2.13. The van der Waals surface area contributed by atoms with Crippen LogP contribution < -0.4 is 22.4 Å². The summed E-state index contributed by atoms with van der Waals surface area (Å²) in [6, 6.07) is -0.771. The molecule has 0 bridgehead atoms. The summed E-state index contributed by atoms with van der Waals surface area (Å²) in [6.07, 6.45) is 0.154. The molecule has 0 unspecified atom stereocenters. The number of carbonyl (C=O) groups is 1. The fourth-order valence-corrected chi connectivity index (χ4v) is 0.633. The van der Waals surface area contributed by atoms with Gasteiger partial charge in [0.2, 0.25) is 0 Å². The van der Waals surface area contributed by atoms with Crippen molar-refractivity contribution in [2.45, 2.75) is 12.5 Å². The fraction of sp³-hybridized carbons (Fsp3) is 0.667. The standard InChI is InChI=1S/C6H15N5O2/c1-9-11-10-5(8)3-4(7)6(12)13-2/h4,9,11H,3,7H2,1-2H3,(H2,8,10)/t4-/m0/s1. The van der Waals surface area contributed by atoms with E-state index in [9.17, 15) is 4.79 Å². The maximum Gasteiger partial charge on any atom is 0.323 e. The molecule has 7 heteroatoms. The molecule has 0 saturated heterocycles. The van der Waals surface area contributed by atoms with Gasteiger partial charge < -0.3 is 16.2 Å². The van der Waals surface area contributed by atoms with Crippen molar-refractivity contribution in [2.24, 2.45) is 16.6 Å². The second kappa shape index (κ2) is 6.21. The van der Waals surface area contributed by atoms with Gasteiger partial charge in [0.1, 0.15) is 11.9 Å². The Morgan fingerprint density at radius 3 is 2.77 bits per heavy atom. The van der Waals surface area contributed by atoms with Gasteiger partial charge >= 0.3 is 5.97 Å². The summed E-state index contributed by atoms with van der Waals surface area (Å²) in [7, 11) is 2.90. The first-order valence-corrected chi connectivity index (χ1v) is 3.69. The van der Waals surface area contributed by atoms with Crippen molar-refractivity contribution < 1.29 is 9.53 Å². The van der Waals surface area contributed by atoms with Crippen LogP contribution in [0.25, 0.3) is 0 Å². The van der Waals surface area contributed by atoms with Crippen molar-refractivity contribution in [2.75, 3.05) is 14.2 Å². The summed E-state index contributed by atoms with van der Waals surface area (Å²) in [5, 5.41) is 3.64. The molecule has 7 nitrogen and oxygen atoms in total. The van der Waals surface area contributed by atoms with Crippen LogP contribution in [0.2, 0.25) is 0 Å². The van der Waals surface area contributed by atoms with Crippen LogP contribution in [-0.4, -0.2) is 32.0 Å². The highest BCUT2D eigenvalue weighted by Crippen LogP contribution is 1.90. The molecule has 76 valence electrons. The highest BCUT2D eigenvalue weighted by molar-refractivity contribution is 5.87. The van der Waals surface area contributed by atoms with Gasteiger partial charge in [0.25, 0.3) is 0 Å². The van der Waals surface area contributed by atoms with Crippen LogP contribution in [0.1, 0.15) is 6.42 Å². The summed E-state index contributed by atoms with van der Waals surface area (Å²) < 4.78 is 4.41. The van der Waals surface area contributed by atoms with Gasteiger partial charge in [-0.2, -0.15) is 5.10 Å². The Hall–Kier alpha value is -1.34. The normalized spacial score (nSPS) is 13.6. The number of nitrogens with one attached hydrogen (secondary N) is 2. The molecule has 0 aliphatic carbocycles. The third kappa shape index (κ3) is 4.99. The summed E-state index contributed by atoms with van der Waals surface area (Å²) in [4.78, 5) is 10.8. The molecule has 0 aliphatic heterocycles. The summed E-state index contributed by atoms with van der Waals surface area (Å²) >= 11 is 0. The van der Waals surface area contributed by atoms with Crippen molar-refractivity contribution in [3.05, 3.63) is 0 Å². The van der Waals surface area contributed by atoms with Gasteiger partial charge in [-0.3, -0.25) is 4.79 Å². The topological polar surface area (TPSA) is 115 Å². The highest BCUT2D eigenvalue weighted by atomic mass is 16.5. The van der Waals surface area contributed by atoms with Crippen LogP contribution >= 0.6 is 0 Å². The Morgan fingerprint density at radius 2 is 2.31 bits per heavy atom. The number of hydrazone groups is 1. The third-order valence-electron chi connectivity index (χ3n) is 1.24. The van der Waals surface area contributed by atoms with Gasteiger partial charge in [0.05, 0.1) is 7.11 Å². The first-order valence-electron chi connectivity index (χ1n) is 3.69. The lowest BCUT2D eigenvalue weighted by atomic mass is 10.2. The quantitative estimate of drug-likeness (QED) is 0.170. The number of nitrogens with zero attached hydrogens (tertiary/aromatic N) is 1. The lowest BCUT2D eigenvalue weighted by Crippen LogP contribution is -2.37. The molecule has 0 aromatic carbocycles. The number of hydrogen-bond acceptors (Lipinski definition) is 6. The molecule has 0 aliphatic rings. The first kappa shape index (κ1) is 11.7. The van der Waals surface area contributed by atoms with Gasteiger partial charge in [-0.15, -0.1) is 0 Å². The maximum absolute atomic E-state index is 10.8. The average molecular weight is 189 g/mol. The smallest absolute Gasteiger partial charge is 0.323 e. The molecule has 0 rings (SSSR count). The molecule has 0 saturated carbocycles. The number of methoxy groups -OCH3 is 1. The van der Waals surface area contributed by atoms with Crippen molar-refractivity contribution in [1.82, 2.24) is 11.0 Å². The van der Waals surface area contributed by atoms with Crippen molar-refractivity contribution in [3.63, 3.8) is 0 Å². The van der Waals surface area contributed by atoms with Crippen LogP contribution in [0.3, 0.4) is 0 Å². The van der Waals surface area contributed by atoms with Crippen molar-refractivity contribution >= 4 is 11.8 Å². The lowest BCUT2D eigenvalue weighted by Gasteiger charge is -2.08. The third-order valence-corrected chi connectivity index (χ3v) is 1.24. The Kier molecular flexibility index (Phi) is 5.57. The van der Waals surface area contributed by atoms with Gasteiger partial charge in [0.15, 0.2) is 0 Å². The molecule has 0 spiro atoms. The Labute approximate surface area is 76.5 Å². The molecule has 0 aromatic heterocycles. The molecule has 0 heterocycles. The molecular formula is C6H15N5O2. The zero-order valence-electron chi connectivity index (χ0n) is 7.70. The SMILES string of the molecule is CNN/N=C(\N)C[C@H](N)C(=O)OC. The number of rotatable bonds is 5. The molecule has 0 aromatic rings. The number of ether oxygens (including phenoxy) is 1. The van der Waals surface area contributed by atoms with Crippen LogP contribution in [0.15, 0.2) is 5.10 Å². The van der Waals surface area contributed by atoms with Crippen LogP contribution in [-0.2, 0) is 9.53 Å². The lowest BCUT2D eigenvalue weighted by molar-refractivity contribution is -0.141. The van der Waals surface area contributed by atoms with E-state index in [1.165, 1.54) is 7.11 Å². The van der Waals surface area contributed by atoms with E-state index in [-0.39, 0.29) is 12.3 Å². The summed E-state index contributed by atoms with van der Waals surface area (Å²) in [5.41, 5.74) is 15.8. The first-order chi connectivity index (χ1) is 6.11. The van der Waals surface area contributed by atoms with Gasteiger partial charge in [-0.05, 0) is 0 Å². The number of hydrazine groups is 1. The summed E-state index contributed by atoms with van der Waals surface area (Å²) in [5.74, 6) is -0.283.